The van der Waals surface area contributed by atoms with Crippen LogP contribution in [0.25, 0.3) is 5.76 Å². The molecule has 1 saturated heterocycles. The third kappa shape index (κ3) is 5.40. The summed E-state index contributed by atoms with van der Waals surface area (Å²) in [5.74, 6) is -1.50. The molecule has 0 spiro atoms. The summed E-state index contributed by atoms with van der Waals surface area (Å²) in [7, 11) is 1.54. The van der Waals surface area contributed by atoms with Crippen LogP contribution in [0.15, 0.2) is 78.4 Å². The molecule has 1 fully saturated rings. The van der Waals surface area contributed by atoms with Crippen molar-refractivity contribution < 1.29 is 29.0 Å². The largest absolute Gasteiger partial charge is 0.507 e. The summed E-state index contributed by atoms with van der Waals surface area (Å²) >= 11 is 0. The van der Waals surface area contributed by atoms with Gasteiger partial charge in [0.05, 0.1) is 30.9 Å². The van der Waals surface area contributed by atoms with Crippen molar-refractivity contribution in [3.8, 4) is 5.75 Å². The molecule has 3 aromatic rings. The minimum atomic E-state index is -0.781. The second-order valence-electron chi connectivity index (χ2n) is 8.90. The number of esters is 1. The van der Waals surface area contributed by atoms with Gasteiger partial charge in [0.15, 0.2) is 0 Å². The lowest BCUT2D eigenvalue weighted by atomic mass is 9.94. The minimum absolute atomic E-state index is 0.0283. The van der Waals surface area contributed by atoms with E-state index in [-0.39, 0.29) is 17.9 Å². The number of aryl methyl sites for hydroxylation is 1. The van der Waals surface area contributed by atoms with Crippen LogP contribution in [0.2, 0.25) is 0 Å². The summed E-state index contributed by atoms with van der Waals surface area (Å²) in [6.07, 6.45) is 0.731. The predicted octanol–water partition coefficient (Wildman–Crippen LogP) is 5.19. The van der Waals surface area contributed by atoms with E-state index in [1.807, 2.05) is 38.1 Å². The van der Waals surface area contributed by atoms with Crippen LogP contribution in [-0.2, 0) is 20.9 Å². The molecule has 1 amide bonds. The van der Waals surface area contributed by atoms with Crippen molar-refractivity contribution in [2.24, 2.45) is 0 Å². The van der Waals surface area contributed by atoms with Gasteiger partial charge >= 0.3 is 5.97 Å². The van der Waals surface area contributed by atoms with Gasteiger partial charge in [-0.25, -0.2) is 4.79 Å². The Morgan fingerprint density at radius 3 is 2.27 bits per heavy atom. The van der Waals surface area contributed by atoms with E-state index in [2.05, 4.69) is 0 Å². The molecule has 0 aromatic heterocycles. The number of methoxy groups -OCH3 is 1. The lowest BCUT2D eigenvalue weighted by Crippen LogP contribution is -2.29. The first-order valence-corrected chi connectivity index (χ1v) is 12.1. The molecule has 7 nitrogen and oxygen atoms in total. The van der Waals surface area contributed by atoms with Gasteiger partial charge in [0, 0.05) is 12.1 Å². The summed E-state index contributed by atoms with van der Waals surface area (Å²) in [6.45, 7) is 4.31. The molecule has 1 aliphatic heterocycles. The fraction of sp³-hybridized carbons (Fsp3) is 0.233. The first-order chi connectivity index (χ1) is 17.8. The van der Waals surface area contributed by atoms with Gasteiger partial charge in [-0.05, 0) is 60.9 Å². The first kappa shape index (κ1) is 25.7. The number of amides is 1. The first-order valence-electron chi connectivity index (χ1n) is 12.1. The number of carbonyl (C=O) groups is 3. The average molecular weight is 500 g/mol. The summed E-state index contributed by atoms with van der Waals surface area (Å²) in [6, 6.07) is 20.1. The minimum Gasteiger partial charge on any atom is -0.507 e. The van der Waals surface area contributed by atoms with Crippen molar-refractivity contribution >= 4 is 23.4 Å². The fourth-order valence-corrected chi connectivity index (χ4v) is 4.36. The van der Waals surface area contributed by atoms with Gasteiger partial charge in [0.2, 0.25) is 0 Å². The van der Waals surface area contributed by atoms with Crippen LogP contribution in [0.5, 0.6) is 5.75 Å². The third-order valence-electron chi connectivity index (χ3n) is 6.24. The zero-order valence-corrected chi connectivity index (χ0v) is 21.1. The van der Waals surface area contributed by atoms with Crippen LogP contribution in [-0.4, -0.2) is 41.4 Å². The Morgan fingerprint density at radius 1 is 0.973 bits per heavy atom. The SMILES string of the molecule is CCCOC(=O)c1ccc(CN2C(=O)C(=O)/C(=C(/O)c3ccc(OC)cc3)C2c2cccc(C)c2)cc1. The van der Waals surface area contributed by atoms with E-state index in [1.165, 1.54) is 4.90 Å². The molecule has 0 aliphatic carbocycles. The molecule has 4 rings (SSSR count). The third-order valence-corrected chi connectivity index (χ3v) is 6.24. The molecule has 37 heavy (non-hydrogen) atoms. The van der Waals surface area contributed by atoms with E-state index in [0.717, 1.165) is 17.5 Å². The van der Waals surface area contributed by atoms with E-state index in [0.29, 0.717) is 29.0 Å². The van der Waals surface area contributed by atoms with Crippen LogP contribution in [0, 0.1) is 6.92 Å². The van der Waals surface area contributed by atoms with E-state index in [4.69, 9.17) is 9.47 Å². The Bertz CT molecular complexity index is 1340. The molecule has 1 aliphatic rings. The molecule has 1 heterocycles. The van der Waals surface area contributed by atoms with Gasteiger partial charge in [-0.2, -0.15) is 0 Å². The van der Waals surface area contributed by atoms with Gasteiger partial charge in [-0.1, -0.05) is 48.9 Å². The number of benzene rings is 3. The normalized spacial score (nSPS) is 16.6. The number of aliphatic hydroxyl groups is 1. The maximum Gasteiger partial charge on any atom is 0.338 e. The molecule has 190 valence electrons. The highest BCUT2D eigenvalue weighted by molar-refractivity contribution is 6.46. The molecule has 1 atom stereocenters. The molecule has 3 aromatic carbocycles. The molecular formula is C30H29NO6. The van der Waals surface area contributed by atoms with E-state index >= 15 is 0 Å². The second-order valence-corrected chi connectivity index (χ2v) is 8.90. The molecule has 1 unspecified atom stereocenters. The number of Topliss-reactive ketones (excluding diaryl/α,β-unsaturated/α-hetero) is 1. The highest BCUT2D eigenvalue weighted by atomic mass is 16.5. The van der Waals surface area contributed by atoms with Crippen molar-refractivity contribution in [1.29, 1.82) is 0 Å². The highest BCUT2D eigenvalue weighted by Gasteiger charge is 2.46. The van der Waals surface area contributed by atoms with Crippen molar-refractivity contribution in [2.45, 2.75) is 32.9 Å². The van der Waals surface area contributed by atoms with Crippen molar-refractivity contribution in [3.05, 3.63) is 106 Å². The number of carbonyl (C=O) groups excluding carboxylic acids is 3. The monoisotopic (exact) mass is 499 g/mol. The van der Waals surface area contributed by atoms with Crippen LogP contribution >= 0.6 is 0 Å². The van der Waals surface area contributed by atoms with Crippen LogP contribution in [0.3, 0.4) is 0 Å². The number of ether oxygens (including phenoxy) is 2. The number of ketones is 1. The fourth-order valence-electron chi connectivity index (χ4n) is 4.36. The van der Waals surface area contributed by atoms with E-state index in [9.17, 15) is 19.5 Å². The van der Waals surface area contributed by atoms with E-state index in [1.54, 1.807) is 55.6 Å². The maximum absolute atomic E-state index is 13.3. The number of aliphatic hydroxyl groups excluding tert-OH is 1. The van der Waals surface area contributed by atoms with Crippen molar-refractivity contribution in [3.63, 3.8) is 0 Å². The maximum atomic E-state index is 13.3. The lowest BCUT2D eigenvalue weighted by Gasteiger charge is -2.26. The molecule has 7 heteroatoms. The summed E-state index contributed by atoms with van der Waals surface area (Å²) in [4.78, 5) is 40.1. The van der Waals surface area contributed by atoms with Crippen LogP contribution in [0.1, 0.15) is 52.0 Å². The topological polar surface area (TPSA) is 93.1 Å². The Labute approximate surface area is 215 Å². The summed E-state index contributed by atoms with van der Waals surface area (Å²) in [5.41, 5.74) is 3.26. The predicted molar refractivity (Wildman–Crippen MR) is 139 cm³/mol. The number of hydrogen-bond donors (Lipinski definition) is 1. The van der Waals surface area contributed by atoms with Gasteiger partial charge < -0.3 is 19.5 Å². The highest BCUT2D eigenvalue weighted by Crippen LogP contribution is 2.40. The molecule has 0 bridgehead atoms. The zero-order valence-electron chi connectivity index (χ0n) is 21.1. The number of rotatable bonds is 8. The Morgan fingerprint density at radius 2 is 1.65 bits per heavy atom. The smallest absolute Gasteiger partial charge is 0.338 e. The molecular weight excluding hydrogens is 470 g/mol. The second kappa shape index (κ2) is 11.1. The van der Waals surface area contributed by atoms with Crippen LogP contribution < -0.4 is 4.74 Å². The zero-order chi connectivity index (χ0) is 26.5. The van der Waals surface area contributed by atoms with Crippen LogP contribution in [0.4, 0.5) is 0 Å². The quantitative estimate of drug-likeness (QED) is 0.198. The van der Waals surface area contributed by atoms with Gasteiger partial charge in [-0.3, -0.25) is 9.59 Å². The van der Waals surface area contributed by atoms with Crippen molar-refractivity contribution in [2.75, 3.05) is 13.7 Å². The molecule has 1 N–H and O–H groups in total. The Hall–Kier alpha value is -4.39. The lowest BCUT2D eigenvalue weighted by molar-refractivity contribution is -0.140. The summed E-state index contributed by atoms with van der Waals surface area (Å²) < 4.78 is 10.4. The van der Waals surface area contributed by atoms with Gasteiger partial charge in [0.25, 0.3) is 11.7 Å². The molecule has 0 saturated carbocycles. The van der Waals surface area contributed by atoms with Gasteiger partial charge in [-0.15, -0.1) is 0 Å². The Kier molecular flexibility index (Phi) is 7.72. The average Bonchev–Trinajstić information content (AvgIpc) is 3.16. The van der Waals surface area contributed by atoms with Crippen molar-refractivity contribution in [1.82, 2.24) is 4.90 Å². The Balaban J connectivity index is 1.73. The molecule has 0 radical (unpaired) electrons. The van der Waals surface area contributed by atoms with Gasteiger partial charge in [0.1, 0.15) is 11.5 Å². The number of hydrogen-bond acceptors (Lipinski definition) is 6. The standard InChI is InChI=1S/C30H29NO6/c1-4-16-37-30(35)22-10-8-20(9-11-22)18-31-26(23-7-5-6-19(2)17-23)25(28(33)29(31)34)27(32)21-12-14-24(36-3)15-13-21/h5-15,17,26,32H,4,16,18H2,1-3H3/b27-25+. The number of nitrogens with zero attached hydrogens (tertiary/aromatic N) is 1. The van der Waals surface area contributed by atoms with E-state index < -0.39 is 23.7 Å². The summed E-state index contributed by atoms with van der Waals surface area (Å²) in [5, 5.41) is 11.2. The number of likely N-dealkylation sites (tertiary alicyclic amines) is 1.